The van der Waals surface area contributed by atoms with Crippen molar-refractivity contribution in [2.24, 2.45) is 0 Å². The number of amides is 1. The highest BCUT2D eigenvalue weighted by Crippen LogP contribution is 2.28. The molecule has 2 N–H and O–H groups in total. The van der Waals surface area contributed by atoms with Crippen LogP contribution < -0.4 is 10.9 Å². The lowest BCUT2D eigenvalue weighted by Crippen LogP contribution is -2.38. The number of hydrazine groups is 1. The van der Waals surface area contributed by atoms with Crippen LogP contribution in [0.4, 0.5) is 0 Å². The van der Waals surface area contributed by atoms with E-state index in [1.807, 2.05) is 50.3 Å². The van der Waals surface area contributed by atoms with Crippen molar-refractivity contribution in [3.63, 3.8) is 0 Å². The minimum atomic E-state index is -0.425. The standard InChI is InChI=1S/C17H15N3O/c1-17(2)15(16(21)19-20-17)9-11-7-8-12(10-18)14-6-4-3-5-13(11)14/h3-9,20H,1-2H3,(H,19,21)/b15-9+. The Labute approximate surface area is 123 Å². The molecule has 1 fully saturated rings. The van der Waals surface area contributed by atoms with Gasteiger partial charge in [0.1, 0.15) is 0 Å². The van der Waals surface area contributed by atoms with Crippen LogP contribution in [0.5, 0.6) is 0 Å². The van der Waals surface area contributed by atoms with E-state index in [1.165, 1.54) is 0 Å². The summed E-state index contributed by atoms with van der Waals surface area (Å²) in [5.41, 5.74) is 7.44. The van der Waals surface area contributed by atoms with Gasteiger partial charge in [-0.05, 0) is 36.9 Å². The molecule has 1 saturated heterocycles. The predicted octanol–water partition coefficient (Wildman–Crippen LogP) is 2.51. The molecule has 2 aromatic carbocycles. The first-order valence-electron chi connectivity index (χ1n) is 6.74. The van der Waals surface area contributed by atoms with Crippen LogP contribution >= 0.6 is 0 Å². The maximum absolute atomic E-state index is 12.0. The molecule has 0 bridgehead atoms. The number of carbonyl (C=O) groups excluding carboxylic acids is 1. The van der Waals surface area contributed by atoms with Crippen molar-refractivity contribution in [2.75, 3.05) is 0 Å². The van der Waals surface area contributed by atoms with Crippen LogP contribution in [0.1, 0.15) is 25.0 Å². The van der Waals surface area contributed by atoms with E-state index >= 15 is 0 Å². The van der Waals surface area contributed by atoms with Gasteiger partial charge in [-0.25, -0.2) is 5.43 Å². The average molecular weight is 277 g/mol. The Morgan fingerprint density at radius 3 is 2.48 bits per heavy atom. The van der Waals surface area contributed by atoms with E-state index < -0.39 is 5.54 Å². The lowest BCUT2D eigenvalue weighted by atomic mass is 9.92. The Hall–Kier alpha value is -2.64. The van der Waals surface area contributed by atoms with Gasteiger partial charge in [0.05, 0.1) is 17.2 Å². The van der Waals surface area contributed by atoms with Gasteiger partial charge in [-0.1, -0.05) is 30.3 Å². The van der Waals surface area contributed by atoms with Gasteiger partial charge < -0.3 is 0 Å². The summed E-state index contributed by atoms with van der Waals surface area (Å²) in [5.74, 6) is -0.117. The second-order valence-electron chi connectivity index (χ2n) is 5.62. The van der Waals surface area contributed by atoms with E-state index in [9.17, 15) is 10.1 Å². The van der Waals surface area contributed by atoms with Crippen molar-refractivity contribution < 1.29 is 4.79 Å². The van der Waals surface area contributed by atoms with Crippen molar-refractivity contribution in [1.82, 2.24) is 10.9 Å². The van der Waals surface area contributed by atoms with Gasteiger partial charge in [-0.2, -0.15) is 5.26 Å². The first-order valence-corrected chi connectivity index (χ1v) is 6.74. The molecule has 1 heterocycles. The number of hydrogen-bond donors (Lipinski definition) is 2. The first kappa shape index (κ1) is 13.3. The number of rotatable bonds is 1. The smallest absolute Gasteiger partial charge is 0.263 e. The lowest BCUT2D eigenvalue weighted by molar-refractivity contribution is -0.116. The van der Waals surface area contributed by atoms with Crippen molar-refractivity contribution in [2.45, 2.75) is 19.4 Å². The molecule has 1 aliphatic heterocycles. The molecule has 0 atom stereocenters. The lowest BCUT2D eigenvalue weighted by Gasteiger charge is -2.17. The molecule has 0 saturated carbocycles. The average Bonchev–Trinajstić information content (AvgIpc) is 2.74. The normalized spacial score (nSPS) is 18.7. The highest BCUT2D eigenvalue weighted by molar-refractivity contribution is 6.04. The summed E-state index contributed by atoms with van der Waals surface area (Å²) in [7, 11) is 0. The van der Waals surface area contributed by atoms with Crippen LogP contribution in [0, 0.1) is 11.3 Å². The highest BCUT2D eigenvalue weighted by atomic mass is 16.2. The van der Waals surface area contributed by atoms with E-state index in [0.717, 1.165) is 16.3 Å². The molecule has 0 spiro atoms. The summed E-state index contributed by atoms with van der Waals surface area (Å²) in [6.45, 7) is 3.89. The summed E-state index contributed by atoms with van der Waals surface area (Å²) in [6.07, 6.45) is 1.89. The monoisotopic (exact) mass is 277 g/mol. The third-order valence-corrected chi connectivity index (χ3v) is 3.78. The van der Waals surface area contributed by atoms with E-state index in [-0.39, 0.29) is 5.91 Å². The fraction of sp³-hybridized carbons (Fsp3) is 0.176. The maximum atomic E-state index is 12.0. The van der Waals surface area contributed by atoms with E-state index in [2.05, 4.69) is 16.9 Å². The number of benzene rings is 2. The predicted molar refractivity (Wildman–Crippen MR) is 82.0 cm³/mol. The van der Waals surface area contributed by atoms with Crippen LogP contribution in [0.25, 0.3) is 16.8 Å². The molecule has 1 amide bonds. The van der Waals surface area contributed by atoms with Crippen LogP contribution in [0.3, 0.4) is 0 Å². The quantitative estimate of drug-likeness (QED) is 0.787. The summed E-state index contributed by atoms with van der Waals surface area (Å²) in [4.78, 5) is 12.0. The van der Waals surface area contributed by atoms with Gasteiger partial charge in [-0.15, -0.1) is 0 Å². The van der Waals surface area contributed by atoms with Crippen LogP contribution in [0.2, 0.25) is 0 Å². The molecular formula is C17H15N3O. The Morgan fingerprint density at radius 2 is 1.86 bits per heavy atom. The Kier molecular flexibility index (Phi) is 3.00. The Balaban J connectivity index is 2.23. The van der Waals surface area contributed by atoms with E-state index in [1.54, 1.807) is 6.07 Å². The second-order valence-corrected chi connectivity index (χ2v) is 5.62. The van der Waals surface area contributed by atoms with Gasteiger partial charge in [0.15, 0.2) is 0 Å². The zero-order valence-corrected chi connectivity index (χ0v) is 11.9. The van der Waals surface area contributed by atoms with Gasteiger partial charge in [0.2, 0.25) is 0 Å². The van der Waals surface area contributed by atoms with Gasteiger partial charge >= 0.3 is 0 Å². The summed E-state index contributed by atoms with van der Waals surface area (Å²) in [6, 6.07) is 13.6. The van der Waals surface area contributed by atoms with E-state index in [0.29, 0.717) is 11.1 Å². The minimum Gasteiger partial charge on any atom is -0.287 e. The van der Waals surface area contributed by atoms with Crippen LogP contribution in [-0.2, 0) is 4.79 Å². The number of nitriles is 1. The van der Waals surface area contributed by atoms with Crippen molar-refractivity contribution in [3.05, 3.63) is 53.1 Å². The number of carbonyl (C=O) groups is 1. The largest absolute Gasteiger partial charge is 0.287 e. The van der Waals surface area contributed by atoms with Crippen molar-refractivity contribution >= 4 is 22.8 Å². The van der Waals surface area contributed by atoms with Crippen molar-refractivity contribution in [3.8, 4) is 6.07 Å². The van der Waals surface area contributed by atoms with Crippen LogP contribution in [-0.4, -0.2) is 11.4 Å². The van der Waals surface area contributed by atoms with Gasteiger partial charge in [-0.3, -0.25) is 10.2 Å². The van der Waals surface area contributed by atoms with E-state index in [4.69, 9.17) is 0 Å². The maximum Gasteiger partial charge on any atom is 0.263 e. The second kappa shape index (κ2) is 4.72. The summed E-state index contributed by atoms with van der Waals surface area (Å²) >= 11 is 0. The van der Waals surface area contributed by atoms with Gasteiger partial charge in [0.25, 0.3) is 5.91 Å². The third-order valence-electron chi connectivity index (χ3n) is 3.78. The Morgan fingerprint density at radius 1 is 1.14 bits per heavy atom. The van der Waals surface area contributed by atoms with Gasteiger partial charge in [0, 0.05) is 11.0 Å². The molecule has 3 rings (SSSR count). The molecule has 0 unspecified atom stereocenters. The molecule has 104 valence electrons. The molecule has 0 aliphatic carbocycles. The molecular weight excluding hydrogens is 262 g/mol. The Bertz CT molecular complexity index is 812. The zero-order chi connectivity index (χ0) is 15.0. The number of hydrogen-bond acceptors (Lipinski definition) is 3. The number of fused-ring (bicyclic) bond motifs is 1. The zero-order valence-electron chi connectivity index (χ0n) is 11.9. The van der Waals surface area contributed by atoms with Crippen molar-refractivity contribution in [1.29, 1.82) is 5.26 Å². The molecule has 1 aliphatic rings. The molecule has 4 heteroatoms. The topological polar surface area (TPSA) is 64.9 Å². The molecule has 4 nitrogen and oxygen atoms in total. The number of nitrogens with zero attached hydrogens (tertiary/aromatic N) is 1. The third kappa shape index (κ3) is 2.18. The molecule has 2 aromatic rings. The minimum absolute atomic E-state index is 0.117. The molecule has 0 radical (unpaired) electrons. The highest BCUT2D eigenvalue weighted by Gasteiger charge is 2.34. The first-order chi connectivity index (χ1) is 10.0. The van der Waals surface area contributed by atoms with Crippen LogP contribution in [0.15, 0.2) is 42.0 Å². The molecule has 21 heavy (non-hydrogen) atoms. The number of nitrogens with one attached hydrogen (secondary N) is 2. The summed E-state index contributed by atoms with van der Waals surface area (Å²) in [5, 5.41) is 11.1. The fourth-order valence-corrected chi connectivity index (χ4v) is 2.58. The summed E-state index contributed by atoms with van der Waals surface area (Å²) < 4.78 is 0. The fourth-order valence-electron chi connectivity index (χ4n) is 2.58. The molecule has 0 aromatic heterocycles. The SMILES string of the molecule is CC1(C)NNC(=O)/C1=C\c1ccc(C#N)c2ccccc12.